The number of anilines is 1. The highest BCUT2D eigenvalue weighted by Crippen LogP contribution is 2.29. The number of amides is 1. The Labute approximate surface area is 147 Å². The first-order valence-electron chi connectivity index (χ1n) is 7.82. The van der Waals surface area contributed by atoms with Crippen LogP contribution in [0.1, 0.15) is 42.7 Å². The summed E-state index contributed by atoms with van der Waals surface area (Å²) in [5, 5.41) is 6.63. The van der Waals surface area contributed by atoms with E-state index in [1.807, 2.05) is 13.8 Å². The van der Waals surface area contributed by atoms with Crippen LogP contribution in [0, 0.1) is 0 Å². The van der Waals surface area contributed by atoms with Crippen molar-refractivity contribution in [2.24, 2.45) is 0 Å². The van der Waals surface area contributed by atoms with E-state index in [9.17, 15) is 22.8 Å². The number of ether oxygens (including phenoxy) is 1. The molecule has 1 aromatic carbocycles. The Bertz CT molecular complexity index is 800. The van der Waals surface area contributed by atoms with Crippen molar-refractivity contribution in [3.05, 3.63) is 47.7 Å². The highest BCUT2D eigenvalue weighted by Gasteiger charge is 2.31. The SMILES string of the molecule is CC(C)n1nccc1NC(=O)[C@@H](C)OC(=O)c1cccc(C(F)(F)F)c1. The van der Waals surface area contributed by atoms with Gasteiger partial charge >= 0.3 is 12.1 Å². The van der Waals surface area contributed by atoms with Crippen molar-refractivity contribution in [2.75, 3.05) is 5.32 Å². The number of esters is 1. The zero-order valence-corrected chi connectivity index (χ0v) is 14.4. The van der Waals surface area contributed by atoms with E-state index in [4.69, 9.17) is 4.74 Å². The quantitative estimate of drug-likeness (QED) is 0.817. The molecule has 140 valence electrons. The molecule has 0 spiro atoms. The number of hydrogen-bond donors (Lipinski definition) is 1. The highest BCUT2D eigenvalue weighted by atomic mass is 19.4. The number of halogens is 3. The maximum absolute atomic E-state index is 12.7. The molecule has 0 aliphatic carbocycles. The molecule has 1 aromatic heterocycles. The van der Waals surface area contributed by atoms with E-state index in [0.717, 1.165) is 12.1 Å². The summed E-state index contributed by atoms with van der Waals surface area (Å²) >= 11 is 0. The minimum absolute atomic E-state index is 0.00302. The van der Waals surface area contributed by atoms with Crippen molar-refractivity contribution < 1.29 is 27.5 Å². The summed E-state index contributed by atoms with van der Waals surface area (Å²) in [6, 6.07) is 5.41. The Hall–Kier alpha value is -2.84. The van der Waals surface area contributed by atoms with Crippen LogP contribution in [0.3, 0.4) is 0 Å². The molecule has 1 amide bonds. The third kappa shape index (κ3) is 4.62. The first-order chi connectivity index (χ1) is 12.1. The molecule has 0 aliphatic heterocycles. The Morgan fingerprint density at radius 2 is 1.88 bits per heavy atom. The predicted octanol–water partition coefficient (Wildman–Crippen LogP) is 3.67. The lowest BCUT2D eigenvalue weighted by atomic mass is 10.1. The summed E-state index contributed by atoms with van der Waals surface area (Å²) in [5.41, 5.74) is -1.25. The van der Waals surface area contributed by atoms with Crippen LogP contribution in [-0.4, -0.2) is 27.8 Å². The normalized spacial score (nSPS) is 12.7. The Morgan fingerprint density at radius 1 is 1.19 bits per heavy atom. The molecule has 0 saturated heterocycles. The van der Waals surface area contributed by atoms with Gasteiger partial charge < -0.3 is 10.1 Å². The van der Waals surface area contributed by atoms with Gasteiger partial charge in [0, 0.05) is 12.1 Å². The molecule has 0 unspecified atom stereocenters. The van der Waals surface area contributed by atoms with E-state index in [1.165, 1.54) is 19.2 Å². The minimum atomic E-state index is -4.57. The van der Waals surface area contributed by atoms with Crippen LogP contribution in [0.15, 0.2) is 36.5 Å². The maximum Gasteiger partial charge on any atom is 0.416 e. The van der Waals surface area contributed by atoms with E-state index >= 15 is 0 Å². The summed E-state index contributed by atoms with van der Waals surface area (Å²) in [4.78, 5) is 24.2. The fraction of sp³-hybridized carbons (Fsp3) is 0.353. The lowest BCUT2D eigenvalue weighted by molar-refractivity contribution is -0.137. The molecular weight excluding hydrogens is 351 g/mol. The summed E-state index contributed by atoms with van der Waals surface area (Å²) in [6.07, 6.45) is -4.27. The van der Waals surface area contributed by atoms with Gasteiger partial charge in [-0.2, -0.15) is 18.3 Å². The van der Waals surface area contributed by atoms with Crippen molar-refractivity contribution in [3.63, 3.8) is 0 Å². The Kier molecular flexibility index (Phi) is 5.69. The largest absolute Gasteiger partial charge is 0.449 e. The minimum Gasteiger partial charge on any atom is -0.449 e. The van der Waals surface area contributed by atoms with E-state index in [1.54, 1.807) is 10.7 Å². The zero-order chi connectivity index (χ0) is 19.5. The van der Waals surface area contributed by atoms with Gasteiger partial charge in [0.1, 0.15) is 5.82 Å². The number of hydrogen-bond acceptors (Lipinski definition) is 4. The fourth-order valence-electron chi connectivity index (χ4n) is 2.16. The lowest BCUT2D eigenvalue weighted by Crippen LogP contribution is -2.31. The second-order valence-electron chi connectivity index (χ2n) is 5.87. The zero-order valence-electron chi connectivity index (χ0n) is 14.4. The third-order valence-corrected chi connectivity index (χ3v) is 3.49. The van der Waals surface area contributed by atoms with Gasteiger partial charge in [0.15, 0.2) is 6.10 Å². The van der Waals surface area contributed by atoms with Gasteiger partial charge in [-0.05, 0) is 39.0 Å². The van der Waals surface area contributed by atoms with Crippen LogP contribution in [0.4, 0.5) is 19.0 Å². The molecule has 26 heavy (non-hydrogen) atoms. The molecule has 0 radical (unpaired) electrons. The highest BCUT2D eigenvalue weighted by molar-refractivity contribution is 5.96. The van der Waals surface area contributed by atoms with Gasteiger partial charge in [0.2, 0.25) is 0 Å². The lowest BCUT2D eigenvalue weighted by Gasteiger charge is -2.16. The van der Waals surface area contributed by atoms with Crippen molar-refractivity contribution in [2.45, 2.75) is 39.1 Å². The second-order valence-corrected chi connectivity index (χ2v) is 5.87. The smallest absolute Gasteiger partial charge is 0.416 e. The van der Waals surface area contributed by atoms with Gasteiger partial charge in [-0.1, -0.05) is 6.07 Å². The third-order valence-electron chi connectivity index (χ3n) is 3.49. The first kappa shape index (κ1) is 19.5. The van der Waals surface area contributed by atoms with E-state index < -0.39 is 29.7 Å². The molecule has 1 heterocycles. The molecule has 0 bridgehead atoms. The molecule has 2 rings (SSSR count). The van der Waals surface area contributed by atoms with Crippen LogP contribution in [0.25, 0.3) is 0 Å². The number of nitrogens with one attached hydrogen (secondary N) is 1. The van der Waals surface area contributed by atoms with Crippen LogP contribution in [0.2, 0.25) is 0 Å². The Morgan fingerprint density at radius 3 is 2.50 bits per heavy atom. The van der Waals surface area contributed by atoms with Crippen LogP contribution in [-0.2, 0) is 15.7 Å². The molecule has 1 atom stereocenters. The fourth-order valence-corrected chi connectivity index (χ4v) is 2.16. The molecule has 0 saturated carbocycles. The number of aromatic nitrogens is 2. The number of benzene rings is 1. The van der Waals surface area contributed by atoms with Gasteiger partial charge in [0.05, 0.1) is 17.3 Å². The number of alkyl halides is 3. The van der Waals surface area contributed by atoms with E-state index in [2.05, 4.69) is 10.4 Å². The number of rotatable bonds is 5. The van der Waals surface area contributed by atoms with Gasteiger partial charge in [-0.15, -0.1) is 0 Å². The van der Waals surface area contributed by atoms with Crippen molar-refractivity contribution in [3.8, 4) is 0 Å². The predicted molar refractivity (Wildman–Crippen MR) is 87.6 cm³/mol. The van der Waals surface area contributed by atoms with Crippen LogP contribution >= 0.6 is 0 Å². The van der Waals surface area contributed by atoms with Gasteiger partial charge in [-0.3, -0.25) is 4.79 Å². The Balaban J connectivity index is 2.04. The van der Waals surface area contributed by atoms with Crippen molar-refractivity contribution in [1.29, 1.82) is 0 Å². The number of nitrogens with zero attached hydrogens (tertiary/aromatic N) is 2. The first-order valence-corrected chi connectivity index (χ1v) is 7.82. The molecule has 9 heteroatoms. The average molecular weight is 369 g/mol. The summed E-state index contributed by atoms with van der Waals surface area (Å²) in [6.45, 7) is 5.08. The molecule has 0 aliphatic rings. The monoisotopic (exact) mass is 369 g/mol. The molecule has 6 nitrogen and oxygen atoms in total. The standard InChI is InChI=1S/C17H18F3N3O3/c1-10(2)23-14(7-8-21-23)22-15(24)11(3)26-16(25)12-5-4-6-13(9-12)17(18,19)20/h4-11H,1-3H3,(H,22,24)/t11-/m1/s1. The maximum atomic E-state index is 12.7. The van der Waals surface area contributed by atoms with Crippen LogP contribution in [0.5, 0.6) is 0 Å². The van der Waals surface area contributed by atoms with Crippen LogP contribution < -0.4 is 5.32 Å². The molecule has 2 aromatic rings. The van der Waals surface area contributed by atoms with E-state index in [-0.39, 0.29) is 11.6 Å². The summed E-state index contributed by atoms with van der Waals surface area (Å²) in [5.74, 6) is -1.21. The van der Waals surface area contributed by atoms with Crippen molar-refractivity contribution >= 4 is 17.7 Å². The molecular formula is C17H18F3N3O3. The number of carbonyl (C=O) groups is 2. The topological polar surface area (TPSA) is 73.2 Å². The summed E-state index contributed by atoms with van der Waals surface area (Å²) in [7, 11) is 0. The van der Waals surface area contributed by atoms with Crippen molar-refractivity contribution in [1.82, 2.24) is 9.78 Å². The molecule has 1 N–H and O–H groups in total. The summed E-state index contributed by atoms with van der Waals surface area (Å²) < 4.78 is 44.7. The van der Waals surface area contributed by atoms with Gasteiger partial charge in [0.25, 0.3) is 5.91 Å². The van der Waals surface area contributed by atoms with E-state index in [0.29, 0.717) is 11.9 Å². The van der Waals surface area contributed by atoms with Gasteiger partial charge in [-0.25, -0.2) is 9.48 Å². The average Bonchev–Trinajstić information content (AvgIpc) is 3.02. The number of carbonyl (C=O) groups excluding carboxylic acids is 2. The second kappa shape index (κ2) is 7.59. The molecule has 0 fully saturated rings.